The lowest BCUT2D eigenvalue weighted by atomic mass is 10.2. The van der Waals surface area contributed by atoms with Crippen molar-refractivity contribution in [1.82, 2.24) is 4.57 Å². The monoisotopic (exact) mass is 269 g/mol. The zero-order chi connectivity index (χ0) is 14.4. The molecule has 1 N–H and O–H groups in total. The van der Waals surface area contributed by atoms with Gasteiger partial charge in [-0.3, -0.25) is 4.79 Å². The Kier molecular flexibility index (Phi) is 2.74. The second kappa shape index (κ2) is 4.34. The van der Waals surface area contributed by atoms with Crippen LogP contribution >= 0.6 is 0 Å². The zero-order valence-corrected chi connectivity index (χ0v) is 11.8. The van der Waals surface area contributed by atoms with Gasteiger partial charge in [0.15, 0.2) is 0 Å². The Balaban J connectivity index is 2.54. The topological polar surface area (TPSA) is 46.3 Å². The fraction of sp³-hybridized carbons (Fsp3) is 0.250. The molecule has 0 atom stereocenters. The molecule has 1 aromatic heterocycles. The smallest absolute Gasteiger partial charge is 0.335 e. The summed E-state index contributed by atoms with van der Waals surface area (Å²) in [7, 11) is 0. The molecule has 0 aromatic carbocycles. The fourth-order valence-corrected chi connectivity index (χ4v) is 2.76. The number of aromatic hydroxyl groups is 1. The van der Waals surface area contributed by atoms with Crippen molar-refractivity contribution < 1.29 is 14.3 Å². The second-order valence-electron chi connectivity index (χ2n) is 5.28. The van der Waals surface area contributed by atoms with Gasteiger partial charge in [-0.2, -0.15) is 8.97 Å². The number of imidazole rings is 1. The van der Waals surface area contributed by atoms with Gasteiger partial charge in [0.2, 0.25) is 5.78 Å². The minimum absolute atomic E-state index is 0.0379. The van der Waals surface area contributed by atoms with Gasteiger partial charge >= 0.3 is 5.88 Å². The lowest BCUT2D eigenvalue weighted by Crippen LogP contribution is -2.26. The van der Waals surface area contributed by atoms with E-state index in [4.69, 9.17) is 0 Å². The molecule has 20 heavy (non-hydrogen) atoms. The molecule has 4 heteroatoms. The van der Waals surface area contributed by atoms with Crippen molar-refractivity contribution in [3.8, 4) is 17.1 Å². The minimum Gasteiger partial charge on any atom is -0.475 e. The summed E-state index contributed by atoms with van der Waals surface area (Å²) in [5, 5.41) is 10.4. The Morgan fingerprint density at radius 3 is 2.60 bits per heavy atom. The molecule has 102 valence electrons. The van der Waals surface area contributed by atoms with Crippen LogP contribution in [0, 0.1) is 0 Å². The van der Waals surface area contributed by atoms with Crippen LogP contribution in [0.3, 0.4) is 0 Å². The summed E-state index contributed by atoms with van der Waals surface area (Å²) in [6.07, 6.45) is 0. The Bertz CT molecular complexity index is 787. The van der Waals surface area contributed by atoms with Crippen LogP contribution in [0.15, 0.2) is 36.4 Å². The Hall–Kier alpha value is -2.36. The van der Waals surface area contributed by atoms with E-state index in [0.717, 1.165) is 16.9 Å². The van der Waals surface area contributed by atoms with Gasteiger partial charge in [-0.05, 0) is 19.9 Å². The summed E-state index contributed by atoms with van der Waals surface area (Å²) in [6, 6.07) is 11.9. The van der Waals surface area contributed by atoms with Gasteiger partial charge in [0.05, 0.1) is 6.04 Å². The van der Waals surface area contributed by atoms with Crippen molar-refractivity contribution in [3.05, 3.63) is 42.1 Å². The highest BCUT2D eigenvalue weighted by atomic mass is 16.3. The van der Waals surface area contributed by atoms with Gasteiger partial charge < -0.3 is 5.11 Å². The molecular formula is C16H17N2O2+. The molecule has 2 heterocycles. The van der Waals surface area contributed by atoms with Crippen LogP contribution in [0.4, 0.5) is 0 Å². The summed E-state index contributed by atoms with van der Waals surface area (Å²) in [6.45, 7) is 5.45. The van der Waals surface area contributed by atoms with Crippen LogP contribution in [0.5, 0.6) is 5.88 Å². The predicted octanol–water partition coefficient (Wildman–Crippen LogP) is 2.82. The highest BCUT2D eigenvalue weighted by Gasteiger charge is 2.34. The number of rotatable bonds is 2. The number of Topliss-reactive ketones (excluding diaryl/α,β-unsaturated/α-hetero) is 1. The van der Waals surface area contributed by atoms with Crippen LogP contribution in [0.1, 0.15) is 37.3 Å². The first-order valence-corrected chi connectivity index (χ1v) is 6.70. The lowest BCUT2D eigenvalue weighted by molar-refractivity contribution is -0.498. The standard InChI is InChI=1S/C16H16N2O2/c1-10(2)17-14-9-12-7-5-4-6-8-13(12)18(14)15(11(3)19)16(17)20/h4-10H,1-3H3/p+1. The molecule has 0 saturated carbocycles. The molecule has 1 aromatic rings. The van der Waals surface area contributed by atoms with Gasteiger partial charge in [-0.1, -0.05) is 24.3 Å². The first-order chi connectivity index (χ1) is 9.52. The highest BCUT2D eigenvalue weighted by molar-refractivity contribution is 5.94. The Morgan fingerprint density at radius 1 is 1.25 bits per heavy atom. The third-order valence-electron chi connectivity index (χ3n) is 3.56. The van der Waals surface area contributed by atoms with Gasteiger partial charge in [0, 0.05) is 18.6 Å². The predicted molar refractivity (Wildman–Crippen MR) is 76.3 cm³/mol. The van der Waals surface area contributed by atoms with Crippen molar-refractivity contribution in [3.63, 3.8) is 0 Å². The van der Waals surface area contributed by atoms with Crippen LogP contribution in [-0.2, 0) is 0 Å². The lowest BCUT2D eigenvalue weighted by Gasteiger charge is -2.00. The van der Waals surface area contributed by atoms with Crippen LogP contribution in [0.2, 0.25) is 0 Å². The van der Waals surface area contributed by atoms with Gasteiger partial charge in [0.25, 0.3) is 11.3 Å². The third kappa shape index (κ3) is 1.61. The van der Waals surface area contributed by atoms with Crippen LogP contribution < -0.4 is 4.40 Å². The molecule has 0 amide bonds. The number of carbonyl (C=O) groups is 1. The van der Waals surface area contributed by atoms with Gasteiger partial charge in [-0.25, -0.2) is 0 Å². The largest absolute Gasteiger partial charge is 0.475 e. The Labute approximate surface area is 117 Å². The van der Waals surface area contributed by atoms with Gasteiger partial charge in [-0.15, -0.1) is 0 Å². The summed E-state index contributed by atoms with van der Waals surface area (Å²) >= 11 is 0. The number of hydrogen-bond donors (Lipinski definition) is 1. The molecule has 2 aliphatic rings. The quantitative estimate of drug-likeness (QED) is 0.574. The average molecular weight is 269 g/mol. The van der Waals surface area contributed by atoms with Crippen molar-refractivity contribution in [2.24, 2.45) is 0 Å². The van der Waals surface area contributed by atoms with E-state index in [0.29, 0.717) is 5.69 Å². The molecular weight excluding hydrogens is 252 g/mol. The maximum absolute atomic E-state index is 11.9. The van der Waals surface area contributed by atoms with Gasteiger partial charge in [0.1, 0.15) is 5.69 Å². The highest BCUT2D eigenvalue weighted by Crippen LogP contribution is 2.30. The average Bonchev–Trinajstić information content (AvgIpc) is 2.72. The molecule has 1 aliphatic heterocycles. The molecule has 1 aliphatic carbocycles. The maximum atomic E-state index is 11.9. The number of fused-ring (bicyclic) bond motifs is 3. The van der Waals surface area contributed by atoms with Crippen LogP contribution in [-0.4, -0.2) is 15.5 Å². The number of nitrogens with zero attached hydrogens (tertiary/aromatic N) is 2. The fourth-order valence-electron chi connectivity index (χ4n) is 2.76. The Morgan fingerprint density at radius 2 is 1.95 bits per heavy atom. The normalized spacial score (nSPS) is 11.6. The number of ketones is 1. The summed E-state index contributed by atoms with van der Waals surface area (Å²) in [4.78, 5) is 11.9. The summed E-state index contributed by atoms with van der Waals surface area (Å²) < 4.78 is 3.63. The molecule has 0 spiro atoms. The molecule has 0 bridgehead atoms. The molecule has 0 fully saturated rings. The second-order valence-corrected chi connectivity index (χ2v) is 5.28. The molecule has 0 saturated heterocycles. The first kappa shape index (κ1) is 12.7. The third-order valence-corrected chi connectivity index (χ3v) is 3.56. The van der Waals surface area contributed by atoms with Crippen molar-refractivity contribution in [2.75, 3.05) is 0 Å². The van der Waals surface area contributed by atoms with E-state index in [1.165, 1.54) is 6.92 Å². The van der Waals surface area contributed by atoms with Crippen LogP contribution in [0.25, 0.3) is 16.9 Å². The van der Waals surface area contributed by atoms with E-state index in [1.54, 1.807) is 4.57 Å². The number of aromatic nitrogens is 2. The van der Waals surface area contributed by atoms with Crippen molar-refractivity contribution in [1.29, 1.82) is 0 Å². The minimum atomic E-state index is -0.143. The van der Waals surface area contributed by atoms with Crippen molar-refractivity contribution in [2.45, 2.75) is 26.8 Å². The molecule has 0 radical (unpaired) electrons. The molecule has 0 unspecified atom stereocenters. The van der Waals surface area contributed by atoms with E-state index >= 15 is 0 Å². The van der Waals surface area contributed by atoms with Crippen molar-refractivity contribution >= 4 is 11.4 Å². The summed E-state index contributed by atoms with van der Waals surface area (Å²) in [5.74, 6) is -0.105. The zero-order valence-electron chi connectivity index (χ0n) is 11.8. The molecule has 4 nitrogen and oxygen atoms in total. The summed E-state index contributed by atoms with van der Waals surface area (Å²) in [5.41, 5.74) is 3.14. The van der Waals surface area contributed by atoms with E-state index in [9.17, 15) is 9.90 Å². The first-order valence-electron chi connectivity index (χ1n) is 6.70. The molecule has 3 rings (SSSR count). The number of hydrogen-bond acceptors (Lipinski definition) is 2. The van der Waals surface area contributed by atoms with E-state index in [-0.39, 0.29) is 17.7 Å². The SMILES string of the molecule is CC(=O)c1c(O)n(C(C)C)c2cc3cccccc-3[n+]12. The van der Waals surface area contributed by atoms with E-state index in [2.05, 4.69) is 0 Å². The van der Waals surface area contributed by atoms with E-state index in [1.807, 2.05) is 54.6 Å². The maximum Gasteiger partial charge on any atom is 0.335 e. The van der Waals surface area contributed by atoms with E-state index < -0.39 is 0 Å². The number of carbonyl (C=O) groups excluding carboxylic acids is 1.